The number of hydrogen-bond acceptors (Lipinski definition) is 5. The minimum atomic E-state index is -2.98. The molecule has 1 N–H and O–H groups in total. The fourth-order valence-corrected chi connectivity index (χ4v) is 3.46. The van der Waals surface area contributed by atoms with Gasteiger partial charge >= 0.3 is 0 Å². The second-order valence-electron chi connectivity index (χ2n) is 4.10. The first-order valence-corrected chi connectivity index (χ1v) is 7.08. The molecule has 92 valence electrons. The van der Waals surface area contributed by atoms with E-state index in [1.54, 1.807) is 6.92 Å². The number of aryl methyl sites for hydroxylation is 1. The zero-order valence-corrected chi connectivity index (χ0v) is 10.2. The summed E-state index contributed by atoms with van der Waals surface area (Å²) >= 11 is 0. The van der Waals surface area contributed by atoms with Gasteiger partial charge in [0.1, 0.15) is 6.33 Å². The van der Waals surface area contributed by atoms with Crippen LogP contribution in [0.25, 0.3) is 0 Å². The van der Waals surface area contributed by atoms with E-state index in [1.807, 2.05) is 0 Å². The van der Waals surface area contributed by atoms with Crippen LogP contribution in [0.3, 0.4) is 0 Å². The summed E-state index contributed by atoms with van der Waals surface area (Å²) in [6.45, 7) is 1.71. The van der Waals surface area contributed by atoms with Gasteiger partial charge in [0.2, 0.25) is 0 Å². The van der Waals surface area contributed by atoms with Gasteiger partial charge in [-0.2, -0.15) is 0 Å². The van der Waals surface area contributed by atoms with E-state index in [2.05, 4.69) is 15.3 Å². The van der Waals surface area contributed by atoms with Gasteiger partial charge in [-0.25, -0.2) is 18.4 Å². The highest BCUT2D eigenvalue weighted by Gasteiger charge is 2.29. The van der Waals surface area contributed by atoms with Crippen LogP contribution in [-0.2, 0) is 9.84 Å². The van der Waals surface area contributed by atoms with Crippen molar-refractivity contribution in [2.24, 2.45) is 0 Å². The molecule has 0 bridgehead atoms. The summed E-state index contributed by atoms with van der Waals surface area (Å²) in [5, 5.41) is 2.69. The summed E-state index contributed by atoms with van der Waals surface area (Å²) in [5.41, 5.74) is 0.968. The molecule has 1 aromatic heterocycles. The Balaban J connectivity index is 2.06. The largest absolute Gasteiger partial charge is 0.348 e. The molecule has 1 aromatic rings. The lowest BCUT2D eigenvalue weighted by Crippen LogP contribution is -2.36. The third kappa shape index (κ3) is 2.79. The van der Waals surface area contributed by atoms with E-state index in [9.17, 15) is 13.2 Å². The van der Waals surface area contributed by atoms with E-state index in [1.165, 1.54) is 12.5 Å². The van der Waals surface area contributed by atoms with Gasteiger partial charge in [0.15, 0.2) is 9.84 Å². The molecule has 0 spiro atoms. The number of carbonyl (C=O) groups is 1. The highest BCUT2D eigenvalue weighted by Crippen LogP contribution is 2.12. The first kappa shape index (κ1) is 12.0. The molecular formula is C10H13N3O3S. The van der Waals surface area contributed by atoms with Gasteiger partial charge in [-0.15, -0.1) is 0 Å². The quantitative estimate of drug-likeness (QED) is 0.784. The standard InChI is InChI=1S/C10H13N3O3S/c1-7-9(4-11-6-12-7)10(14)13-8-2-3-17(15,16)5-8/h4,6,8H,2-3,5H2,1H3,(H,13,14). The molecule has 1 fully saturated rings. The monoisotopic (exact) mass is 255 g/mol. The van der Waals surface area contributed by atoms with Crippen LogP contribution in [0.1, 0.15) is 22.5 Å². The number of aromatic nitrogens is 2. The summed E-state index contributed by atoms with van der Waals surface area (Å²) in [7, 11) is -2.98. The van der Waals surface area contributed by atoms with Crippen LogP contribution in [0, 0.1) is 6.92 Å². The molecule has 1 aliphatic heterocycles. The molecule has 6 nitrogen and oxygen atoms in total. The van der Waals surface area contributed by atoms with Crippen molar-refractivity contribution < 1.29 is 13.2 Å². The van der Waals surface area contributed by atoms with Gasteiger partial charge in [0, 0.05) is 12.2 Å². The van der Waals surface area contributed by atoms with Crippen LogP contribution in [0.5, 0.6) is 0 Å². The summed E-state index contributed by atoms with van der Waals surface area (Å²) in [5.74, 6) is -0.154. The highest BCUT2D eigenvalue weighted by atomic mass is 32.2. The molecule has 1 unspecified atom stereocenters. The molecule has 1 aliphatic rings. The number of nitrogens with zero attached hydrogens (tertiary/aromatic N) is 2. The molecule has 0 saturated carbocycles. The number of rotatable bonds is 2. The van der Waals surface area contributed by atoms with E-state index in [0.717, 1.165) is 0 Å². The van der Waals surface area contributed by atoms with E-state index in [4.69, 9.17) is 0 Å². The second-order valence-corrected chi connectivity index (χ2v) is 6.32. The lowest BCUT2D eigenvalue weighted by Gasteiger charge is -2.11. The minimum absolute atomic E-state index is 0.0193. The molecule has 0 aromatic carbocycles. The lowest BCUT2D eigenvalue weighted by atomic mass is 10.2. The lowest BCUT2D eigenvalue weighted by molar-refractivity contribution is 0.0939. The molecule has 17 heavy (non-hydrogen) atoms. The summed E-state index contributed by atoms with van der Waals surface area (Å²) in [6.07, 6.45) is 3.27. The third-order valence-corrected chi connectivity index (χ3v) is 4.49. The Hall–Kier alpha value is -1.50. The summed E-state index contributed by atoms with van der Waals surface area (Å²) < 4.78 is 22.5. The molecule has 0 radical (unpaired) electrons. The van der Waals surface area contributed by atoms with Gasteiger partial charge in [-0.05, 0) is 13.3 Å². The molecule has 1 saturated heterocycles. The summed E-state index contributed by atoms with van der Waals surface area (Å²) in [4.78, 5) is 19.5. The fourth-order valence-electron chi connectivity index (χ4n) is 1.79. The predicted octanol–water partition coefficient (Wildman–Crippen LogP) is -0.298. The van der Waals surface area contributed by atoms with Crippen LogP contribution < -0.4 is 5.32 Å². The summed E-state index contributed by atoms with van der Waals surface area (Å²) in [6, 6.07) is -0.299. The van der Waals surface area contributed by atoms with E-state index >= 15 is 0 Å². The zero-order chi connectivity index (χ0) is 12.5. The molecular weight excluding hydrogens is 242 g/mol. The first-order valence-electron chi connectivity index (χ1n) is 5.26. The van der Waals surface area contributed by atoms with Crippen molar-refractivity contribution in [3.05, 3.63) is 23.8 Å². The van der Waals surface area contributed by atoms with Crippen molar-refractivity contribution >= 4 is 15.7 Å². The van der Waals surface area contributed by atoms with Gasteiger partial charge in [0.25, 0.3) is 5.91 Å². The van der Waals surface area contributed by atoms with E-state index in [-0.39, 0.29) is 23.5 Å². The average Bonchev–Trinajstić information content (AvgIpc) is 2.58. The van der Waals surface area contributed by atoms with Crippen LogP contribution in [0.4, 0.5) is 0 Å². The second kappa shape index (κ2) is 4.40. The number of sulfone groups is 1. The van der Waals surface area contributed by atoms with E-state index in [0.29, 0.717) is 17.7 Å². The molecule has 2 rings (SSSR count). The van der Waals surface area contributed by atoms with Crippen molar-refractivity contribution in [2.45, 2.75) is 19.4 Å². The number of nitrogens with one attached hydrogen (secondary N) is 1. The Morgan fingerprint density at radius 1 is 1.53 bits per heavy atom. The van der Waals surface area contributed by atoms with E-state index < -0.39 is 9.84 Å². The van der Waals surface area contributed by atoms with Gasteiger partial charge in [0.05, 0.1) is 22.8 Å². The Morgan fingerprint density at radius 2 is 2.29 bits per heavy atom. The fraction of sp³-hybridized carbons (Fsp3) is 0.500. The van der Waals surface area contributed by atoms with Crippen molar-refractivity contribution in [1.82, 2.24) is 15.3 Å². The van der Waals surface area contributed by atoms with Crippen LogP contribution >= 0.6 is 0 Å². The van der Waals surface area contributed by atoms with Crippen molar-refractivity contribution in [1.29, 1.82) is 0 Å². The maximum Gasteiger partial charge on any atom is 0.254 e. The van der Waals surface area contributed by atoms with Crippen LogP contribution in [-0.4, -0.2) is 41.8 Å². The van der Waals surface area contributed by atoms with Crippen molar-refractivity contribution in [3.8, 4) is 0 Å². The molecule has 0 aliphatic carbocycles. The smallest absolute Gasteiger partial charge is 0.254 e. The third-order valence-electron chi connectivity index (χ3n) is 2.72. The average molecular weight is 255 g/mol. The Morgan fingerprint density at radius 3 is 2.88 bits per heavy atom. The molecule has 2 heterocycles. The Labute approximate surface area is 99.4 Å². The molecule has 1 amide bonds. The van der Waals surface area contributed by atoms with Crippen molar-refractivity contribution in [3.63, 3.8) is 0 Å². The Kier molecular flexibility index (Phi) is 3.10. The predicted molar refractivity (Wildman–Crippen MR) is 61.3 cm³/mol. The number of carbonyl (C=O) groups excluding carboxylic acids is 1. The topological polar surface area (TPSA) is 89.0 Å². The van der Waals surface area contributed by atoms with Gasteiger partial charge in [-0.1, -0.05) is 0 Å². The zero-order valence-electron chi connectivity index (χ0n) is 9.38. The maximum absolute atomic E-state index is 11.8. The molecule has 1 atom stereocenters. The van der Waals surface area contributed by atoms with Crippen molar-refractivity contribution in [2.75, 3.05) is 11.5 Å². The van der Waals surface area contributed by atoms with Gasteiger partial charge < -0.3 is 5.32 Å². The first-order chi connectivity index (χ1) is 7.98. The van der Waals surface area contributed by atoms with Crippen LogP contribution in [0.15, 0.2) is 12.5 Å². The molecule has 7 heteroatoms. The highest BCUT2D eigenvalue weighted by molar-refractivity contribution is 7.91. The minimum Gasteiger partial charge on any atom is -0.348 e. The number of amides is 1. The number of hydrogen-bond donors (Lipinski definition) is 1. The van der Waals surface area contributed by atoms with Gasteiger partial charge in [-0.3, -0.25) is 4.79 Å². The maximum atomic E-state index is 11.8. The normalized spacial score (nSPS) is 22.3. The van der Waals surface area contributed by atoms with Crippen LogP contribution in [0.2, 0.25) is 0 Å². The Bertz CT molecular complexity index is 541. The SMILES string of the molecule is Cc1ncncc1C(=O)NC1CCS(=O)(=O)C1.